The molecular formula is C13H16BrN3S. The lowest BCUT2D eigenvalue weighted by molar-refractivity contribution is 0.678. The number of nitrogens with zero attached hydrogens (tertiary/aromatic N) is 2. The van der Waals surface area contributed by atoms with Crippen molar-refractivity contribution in [1.82, 2.24) is 15.3 Å². The molecule has 0 aliphatic heterocycles. The van der Waals surface area contributed by atoms with Gasteiger partial charge in [0.25, 0.3) is 0 Å². The van der Waals surface area contributed by atoms with Crippen LogP contribution in [-0.2, 0) is 6.54 Å². The number of aromatic nitrogens is 2. The molecule has 0 saturated heterocycles. The van der Waals surface area contributed by atoms with Crippen LogP contribution in [0.25, 0.3) is 10.7 Å². The molecule has 18 heavy (non-hydrogen) atoms. The zero-order valence-electron chi connectivity index (χ0n) is 10.5. The highest BCUT2D eigenvalue weighted by Crippen LogP contribution is 2.31. The SMILES string of the molecule is CCCNCc1sc(-c2ncccc2Br)nc1C. The summed E-state index contributed by atoms with van der Waals surface area (Å²) in [6.45, 7) is 6.16. The number of hydrogen-bond donors (Lipinski definition) is 1. The molecule has 2 aromatic rings. The monoisotopic (exact) mass is 325 g/mol. The van der Waals surface area contributed by atoms with Crippen LogP contribution in [0, 0.1) is 6.92 Å². The van der Waals surface area contributed by atoms with Gasteiger partial charge in [0.2, 0.25) is 0 Å². The average Bonchev–Trinajstić information content (AvgIpc) is 2.72. The summed E-state index contributed by atoms with van der Waals surface area (Å²) >= 11 is 5.23. The fourth-order valence-corrected chi connectivity index (χ4v) is 3.23. The van der Waals surface area contributed by atoms with Crippen molar-refractivity contribution < 1.29 is 0 Å². The zero-order chi connectivity index (χ0) is 13.0. The van der Waals surface area contributed by atoms with Crippen molar-refractivity contribution in [2.75, 3.05) is 6.54 Å². The molecule has 3 nitrogen and oxygen atoms in total. The molecule has 2 heterocycles. The molecule has 0 aromatic carbocycles. The predicted molar refractivity (Wildman–Crippen MR) is 79.8 cm³/mol. The Morgan fingerprint density at radius 3 is 3.00 bits per heavy atom. The Hall–Kier alpha value is -0.780. The maximum Gasteiger partial charge on any atom is 0.143 e. The minimum atomic E-state index is 0.891. The van der Waals surface area contributed by atoms with Crippen LogP contribution in [0.1, 0.15) is 23.9 Å². The first-order valence-electron chi connectivity index (χ1n) is 6.00. The van der Waals surface area contributed by atoms with Gasteiger partial charge in [-0.2, -0.15) is 0 Å². The maximum absolute atomic E-state index is 4.61. The van der Waals surface area contributed by atoms with Gasteiger partial charge in [-0.25, -0.2) is 4.98 Å². The summed E-state index contributed by atoms with van der Waals surface area (Å²) in [5, 5.41) is 4.39. The highest BCUT2D eigenvalue weighted by Gasteiger charge is 2.12. The Balaban J connectivity index is 2.21. The van der Waals surface area contributed by atoms with Crippen molar-refractivity contribution in [3.05, 3.63) is 33.4 Å². The molecule has 0 amide bonds. The van der Waals surface area contributed by atoms with E-state index in [2.05, 4.69) is 45.1 Å². The van der Waals surface area contributed by atoms with Gasteiger partial charge < -0.3 is 5.32 Å². The summed E-state index contributed by atoms with van der Waals surface area (Å²) in [7, 11) is 0. The van der Waals surface area contributed by atoms with Crippen LogP contribution in [0.15, 0.2) is 22.8 Å². The molecule has 96 valence electrons. The predicted octanol–water partition coefficient (Wildman–Crippen LogP) is 3.78. The summed E-state index contributed by atoms with van der Waals surface area (Å²) in [4.78, 5) is 10.3. The Kier molecular flexibility index (Phi) is 4.86. The number of hydrogen-bond acceptors (Lipinski definition) is 4. The molecule has 0 fully saturated rings. The molecule has 2 aromatic heterocycles. The first-order valence-corrected chi connectivity index (χ1v) is 7.61. The number of halogens is 1. The summed E-state index contributed by atoms with van der Waals surface area (Å²) in [5.74, 6) is 0. The summed E-state index contributed by atoms with van der Waals surface area (Å²) in [5.41, 5.74) is 2.02. The van der Waals surface area contributed by atoms with E-state index in [1.54, 1.807) is 17.5 Å². The lowest BCUT2D eigenvalue weighted by atomic mass is 10.3. The van der Waals surface area contributed by atoms with Gasteiger partial charge in [0.15, 0.2) is 0 Å². The van der Waals surface area contributed by atoms with E-state index in [0.29, 0.717) is 0 Å². The van der Waals surface area contributed by atoms with Crippen molar-refractivity contribution in [1.29, 1.82) is 0 Å². The standard InChI is InChI=1S/C13H16BrN3S/c1-3-6-15-8-11-9(2)17-13(18-11)12-10(14)5-4-7-16-12/h4-5,7,15H,3,6,8H2,1-2H3. The van der Waals surface area contributed by atoms with Crippen LogP contribution < -0.4 is 5.32 Å². The van der Waals surface area contributed by atoms with Gasteiger partial charge in [-0.1, -0.05) is 6.92 Å². The van der Waals surface area contributed by atoms with Crippen LogP contribution in [0.3, 0.4) is 0 Å². The first-order chi connectivity index (χ1) is 8.72. The Morgan fingerprint density at radius 1 is 1.44 bits per heavy atom. The highest BCUT2D eigenvalue weighted by atomic mass is 79.9. The second-order valence-electron chi connectivity index (χ2n) is 4.04. The van der Waals surface area contributed by atoms with Crippen LogP contribution in [0.5, 0.6) is 0 Å². The third-order valence-electron chi connectivity index (χ3n) is 2.57. The average molecular weight is 326 g/mol. The summed E-state index contributed by atoms with van der Waals surface area (Å²) < 4.78 is 0.992. The Labute approximate surface area is 120 Å². The maximum atomic E-state index is 4.61. The molecule has 0 saturated carbocycles. The molecule has 0 bridgehead atoms. The summed E-state index contributed by atoms with van der Waals surface area (Å²) in [6, 6.07) is 3.91. The number of nitrogens with one attached hydrogen (secondary N) is 1. The normalized spacial score (nSPS) is 10.8. The van der Waals surface area contributed by atoms with Gasteiger partial charge in [0, 0.05) is 22.1 Å². The van der Waals surface area contributed by atoms with Gasteiger partial charge in [-0.15, -0.1) is 11.3 Å². The van der Waals surface area contributed by atoms with E-state index in [9.17, 15) is 0 Å². The molecule has 0 aliphatic rings. The minimum absolute atomic E-state index is 0.891. The number of pyridine rings is 1. The third-order valence-corrected chi connectivity index (χ3v) is 4.37. The topological polar surface area (TPSA) is 37.8 Å². The number of rotatable bonds is 5. The molecule has 0 spiro atoms. The second kappa shape index (κ2) is 6.41. The van der Waals surface area contributed by atoms with Crippen LogP contribution in [0.2, 0.25) is 0 Å². The van der Waals surface area contributed by atoms with E-state index in [4.69, 9.17) is 0 Å². The van der Waals surface area contributed by atoms with Gasteiger partial charge in [0.05, 0.1) is 5.69 Å². The molecule has 0 unspecified atom stereocenters. The van der Waals surface area contributed by atoms with Gasteiger partial charge in [-0.3, -0.25) is 4.98 Å². The molecule has 2 rings (SSSR count). The molecule has 1 N–H and O–H groups in total. The number of aryl methyl sites for hydroxylation is 1. The smallest absolute Gasteiger partial charge is 0.143 e. The zero-order valence-corrected chi connectivity index (χ0v) is 12.9. The van der Waals surface area contributed by atoms with E-state index in [0.717, 1.165) is 40.4 Å². The van der Waals surface area contributed by atoms with Crippen LogP contribution >= 0.6 is 27.3 Å². The second-order valence-corrected chi connectivity index (χ2v) is 5.98. The Bertz CT molecular complexity index is 525. The van der Waals surface area contributed by atoms with E-state index in [1.807, 2.05) is 12.1 Å². The van der Waals surface area contributed by atoms with Gasteiger partial charge in [-0.05, 0) is 48.0 Å². The van der Waals surface area contributed by atoms with Crippen molar-refractivity contribution in [3.63, 3.8) is 0 Å². The van der Waals surface area contributed by atoms with Gasteiger partial charge in [0.1, 0.15) is 10.7 Å². The number of thiazole rings is 1. The molecule has 0 radical (unpaired) electrons. The molecule has 0 aliphatic carbocycles. The summed E-state index contributed by atoms with van der Waals surface area (Å²) in [6.07, 6.45) is 2.95. The Morgan fingerprint density at radius 2 is 2.28 bits per heavy atom. The van der Waals surface area contributed by atoms with Crippen LogP contribution in [-0.4, -0.2) is 16.5 Å². The molecule has 5 heteroatoms. The van der Waals surface area contributed by atoms with Crippen molar-refractivity contribution in [3.8, 4) is 10.7 Å². The van der Waals surface area contributed by atoms with Crippen molar-refractivity contribution in [2.45, 2.75) is 26.8 Å². The van der Waals surface area contributed by atoms with E-state index in [-0.39, 0.29) is 0 Å². The molecule has 0 atom stereocenters. The van der Waals surface area contributed by atoms with Crippen LogP contribution in [0.4, 0.5) is 0 Å². The third kappa shape index (κ3) is 3.16. The fraction of sp³-hybridized carbons (Fsp3) is 0.385. The molecular weight excluding hydrogens is 310 g/mol. The largest absolute Gasteiger partial charge is 0.312 e. The van der Waals surface area contributed by atoms with E-state index >= 15 is 0 Å². The van der Waals surface area contributed by atoms with E-state index in [1.165, 1.54) is 4.88 Å². The van der Waals surface area contributed by atoms with Crippen molar-refractivity contribution in [2.24, 2.45) is 0 Å². The minimum Gasteiger partial charge on any atom is -0.312 e. The lowest BCUT2D eigenvalue weighted by Gasteiger charge is -2.00. The fourth-order valence-electron chi connectivity index (χ4n) is 1.62. The lowest BCUT2D eigenvalue weighted by Crippen LogP contribution is -2.13. The van der Waals surface area contributed by atoms with Crippen molar-refractivity contribution >= 4 is 27.3 Å². The van der Waals surface area contributed by atoms with Gasteiger partial charge >= 0.3 is 0 Å². The highest BCUT2D eigenvalue weighted by molar-refractivity contribution is 9.10. The van der Waals surface area contributed by atoms with E-state index < -0.39 is 0 Å². The first kappa shape index (κ1) is 13.6. The quantitative estimate of drug-likeness (QED) is 0.850.